The molecule has 8 nitrogen and oxygen atoms in total. The molecule has 4 N–H and O–H groups in total. The van der Waals surface area contributed by atoms with Crippen LogP contribution in [0.5, 0.6) is 5.75 Å². The Labute approximate surface area is 188 Å². The third kappa shape index (κ3) is 5.24. The molecule has 10 heteroatoms. The van der Waals surface area contributed by atoms with Gasteiger partial charge < -0.3 is 25.6 Å². The largest absolute Gasteiger partial charge is 0.486 e. The highest BCUT2D eigenvalue weighted by atomic mass is 35.5. The van der Waals surface area contributed by atoms with E-state index in [2.05, 4.69) is 32.1 Å². The lowest BCUT2D eigenvalue weighted by atomic mass is 10.1. The highest BCUT2D eigenvalue weighted by molar-refractivity contribution is 7.09. The number of nitrogens with two attached hydrogens (primary N) is 1. The first-order chi connectivity index (χ1) is 14.9. The van der Waals surface area contributed by atoms with Gasteiger partial charge in [0.25, 0.3) is 0 Å². The molecule has 1 aliphatic rings. The first-order valence-corrected chi connectivity index (χ1v) is 10.8. The highest BCUT2D eigenvalue weighted by Crippen LogP contribution is 2.33. The number of hydrogen-bond donors (Lipinski definition) is 3. The summed E-state index contributed by atoms with van der Waals surface area (Å²) in [6.45, 7) is 2.80. The van der Waals surface area contributed by atoms with Gasteiger partial charge in [-0.3, -0.25) is 0 Å². The molecule has 3 heterocycles. The van der Waals surface area contributed by atoms with E-state index >= 15 is 0 Å². The lowest BCUT2D eigenvalue weighted by molar-refractivity contribution is 0.122. The van der Waals surface area contributed by atoms with Crippen LogP contribution in [0, 0.1) is 11.8 Å². The van der Waals surface area contributed by atoms with Crippen molar-refractivity contribution in [2.45, 2.75) is 25.0 Å². The Morgan fingerprint density at radius 3 is 3.03 bits per heavy atom. The number of hydrogen-bond acceptors (Lipinski definition) is 9. The van der Waals surface area contributed by atoms with Gasteiger partial charge in [-0.05, 0) is 25.1 Å². The third-order valence-corrected chi connectivity index (χ3v) is 5.74. The Kier molecular flexibility index (Phi) is 6.25. The van der Waals surface area contributed by atoms with E-state index in [1.807, 2.05) is 6.07 Å². The van der Waals surface area contributed by atoms with E-state index in [1.165, 1.54) is 17.5 Å². The molecule has 0 amide bonds. The molecule has 2 atom stereocenters. The number of aliphatic hydroxyl groups is 1. The predicted octanol–water partition coefficient (Wildman–Crippen LogP) is 3.34. The SMILES string of the molecule is CC(O)(C#Cc1ccc(OC2CCOC2)c(Nc2nc(N)ncc2Cl)c1)c1nccs1. The number of nitrogens with one attached hydrogen (secondary N) is 1. The molecular formula is C21H20ClN5O3S. The van der Waals surface area contributed by atoms with E-state index < -0.39 is 5.60 Å². The zero-order valence-corrected chi connectivity index (χ0v) is 18.2. The summed E-state index contributed by atoms with van der Waals surface area (Å²) in [7, 11) is 0. The Bertz CT molecular complexity index is 1120. The Morgan fingerprint density at radius 1 is 1.42 bits per heavy atom. The van der Waals surface area contributed by atoms with Crippen molar-refractivity contribution in [3.05, 3.63) is 51.6 Å². The molecule has 3 aromatic rings. The summed E-state index contributed by atoms with van der Waals surface area (Å²) in [6, 6.07) is 5.42. The molecule has 1 aromatic carbocycles. The molecule has 0 bridgehead atoms. The van der Waals surface area contributed by atoms with Gasteiger partial charge >= 0.3 is 0 Å². The zero-order valence-electron chi connectivity index (χ0n) is 16.6. The van der Waals surface area contributed by atoms with Gasteiger partial charge in [-0.15, -0.1) is 11.3 Å². The number of nitrogens with zero attached hydrogens (tertiary/aromatic N) is 3. The van der Waals surface area contributed by atoms with E-state index in [4.69, 9.17) is 26.8 Å². The fourth-order valence-corrected chi connectivity index (χ4v) is 3.69. The number of thiazole rings is 1. The average molecular weight is 458 g/mol. The molecule has 2 unspecified atom stereocenters. The smallest absolute Gasteiger partial charge is 0.222 e. The van der Waals surface area contributed by atoms with Crippen LogP contribution in [0.4, 0.5) is 17.5 Å². The minimum Gasteiger partial charge on any atom is -0.486 e. The number of halogens is 1. The monoisotopic (exact) mass is 457 g/mol. The van der Waals surface area contributed by atoms with Gasteiger partial charge in [-0.1, -0.05) is 23.4 Å². The van der Waals surface area contributed by atoms with Crippen molar-refractivity contribution in [1.29, 1.82) is 0 Å². The fraction of sp³-hybridized carbons (Fsp3) is 0.286. The first-order valence-electron chi connectivity index (χ1n) is 9.50. The van der Waals surface area contributed by atoms with Gasteiger partial charge in [0.1, 0.15) is 21.9 Å². The molecule has 2 aromatic heterocycles. The van der Waals surface area contributed by atoms with Crippen LogP contribution < -0.4 is 15.8 Å². The molecular weight excluding hydrogens is 438 g/mol. The van der Waals surface area contributed by atoms with Crippen LogP contribution in [0.2, 0.25) is 5.02 Å². The maximum absolute atomic E-state index is 10.6. The Morgan fingerprint density at radius 2 is 2.29 bits per heavy atom. The molecule has 4 rings (SSSR count). The minimum atomic E-state index is -1.36. The quantitative estimate of drug-likeness (QED) is 0.499. The van der Waals surface area contributed by atoms with Gasteiger partial charge in [-0.25, -0.2) is 9.97 Å². The van der Waals surface area contributed by atoms with Crippen LogP contribution in [-0.4, -0.2) is 39.4 Å². The maximum Gasteiger partial charge on any atom is 0.222 e. The summed E-state index contributed by atoms with van der Waals surface area (Å²) >= 11 is 7.56. The van der Waals surface area contributed by atoms with Crippen molar-refractivity contribution in [1.82, 2.24) is 15.0 Å². The normalized spacial score (nSPS) is 17.5. The Hall–Kier alpha value is -2.90. The van der Waals surface area contributed by atoms with E-state index in [-0.39, 0.29) is 12.1 Å². The second kappa shape index (κ2) is 9.08. The highest BCUT2D eigenvalue weighted by Gasteiger charge is 2.23. The van der Waals surface area contributed by atoms with Crippen LogP contribution in [0.1, 0.15) is 23.9 Å². The molecule has 1 fully saturated rings. The standard InChI is InChI=1S/C21H20ClN5O3S/c1-21(28,19-24-7-9-31-19)6-4-13-2-3-17(30-14-5-8-29-12-14)16(10-13)26-18-15(22)11-25-20(23)27-18/h2-3,7,9-11,14,28H,5,8,12H2,1H3,(H3,23,25,26,27). The van der Waals surface area contributed by atoms with E-state index in [0.717, 1.165) is 6.42 Å². The van der Waals surface area contributed by atoms with Crippen molar-refractivity contribution in [2.24, 2.45) is 0 Å². The van der Waals surface area contributed by atoms with Crippen LogP contribution in [0.3, 0.4) is 0 Å². The number of rotatable bonds is 5. The summed E-state index contributed by atoms with van der Waals surface area (Å²) < 4.78 is 11.5. The molecule has 0 radical (unpaired) electrons. The first kappa shape index (κ1) is 21.3. The average Bonchev–Trinajstić information content (AvgIpc) is 3.45. The van der Waals surface area contributed by atoms with E-state index in [1.54, 1.807) is 30.6 Å². The molecule has 31 heavy (non-hydrogen) atoms. The molecule has 0 spiro atoms. The van der Waals surface area contributed by atoms with Crippen LogP contribution in [0.15, 0.2) is 36.0 Å². The van der Waals surface area contributed by atoms with E-state index in [9.17, 15) is 5.11 Å². The molecule has 0 aliphatic carbocycles. The fourth-order valence-electron chi connectivity index (χ4n) is 2.90. The molecule has 160 valence electrons. The minimum absolute atomic E-state index is 0.0472. The van der Waals surface area contributed by atoms with Crippen LogP contribution >= 0.6 is 22.9 Å². The summed E-state index contributed by atoms with van der Waals surface area (Å²) in [5.74, 6) is 6.92. The molecule has 1 aliphatic heterocycles. The number of benzene rings is 1. The second-order valence-electron chi connectivity index (χ2n) is 7.02. The van der Waals surface area contributed by atoms with Gasteiger partial charge in [0.05, 0.1) is 25.1 Å². The van der Waals surface area contributed by atoms with Crippen molar-refractivity contribution >= 4 is 40.4 Å². The number of aromatic nitrogens is 3. The lowest BCUT2D eigenvalue weighted by Gasteiger charge is -2.17. The van der Waals surface area contributed by atoms with Crippen molar-refractivity contribution in [3.63, 3.8) is 0 Å². The van der Waals surface area contributed by atoms with Crippen molar-refractivity contribution in [3.8, 4) is 17.6 Å². The third-order valence-electron chi connectivity index (χ3n) is 4.48. The zero-order chi connectivity index (χ0) is 21.8. The number of nitrogen functional groups attached to an aromatic ring is 1. The van der Waals surface area contributed by atoms with Gasteiger partial charge in [0.15, 0.2) is 11.4 Å². The Balaban J connectivity index is 1.66. The van der Waals surface area contributed by atoms with Gasteiger partial charge in [-0.2, -0.15) is 4.98 Å². The van der Waals surface area contributed by atoms with Crippen LogP contribution in [-0.2, 0) is 10.3 Å². The second-order valence-corrected chi connectivity index (χ2v) is 8.33. The molecule has 0 saturated carbocycles. The lowest BCUT2D eigenvalue weighted by Crippen LogP contribution is -2.18. The van der Waals surface area contributed by atoms with Gasteiger partial charge in [0.2, 0.25) is 5.95 Å². The topological polar surface area (TPSA) is 115 Å². The number of ether oxygens (including phenoxy) is 2. The molecule has 1 saturated heterocycles. The van der Waals surface area contributed by atoms with Crippen LogP contribution in [0.25, 0.3) is 0 Å². The predicted molar refractivity (Wildman–Crippen MR) is 120 cm³/mol. The maximum atomic E-state index is 10.6. The number of anilines is 3. The summed E-state index contributed by atoms with van der Waals surface area (Å²) in [4.78, 5) is 12.2. The van der Waals surface area contributed by atoms with Crippen molar-refractivity contribution < 1.29 is 14.6 Å². The van der Waals surface area contributed by atoms with Crippen molar-refractivity contribution in [2.75, 3.05) is 24.3 Å². The van der Waals surface area contributed by atoms with E-state index in [0.29, 0.717) is 46.1 Å². The summed E-state index contributed by atoms with van der Waals surface area (Å²) in [6.07, 6.45) is 3.81. The summed E-state index contributed by atoms with van der Waals surface area (Å²) in [5, 5.41) is 16.4. The van der Waals surface area contributed by atoms with Gasteiger partial charge in [0, 0.05) is 23.6 Å². The summed E-state index contributed by atoms with van der Waals surface area (Å²) in [5.41, 5.74) is 5.60.